The van der Waals surface area contributed by atoms with Crippen LogP contribution in [0.15, 0.2) is 24.3 Å². The lowest BCUT2D eigenvalue weighted by atomic mass is 10.0. The number of aryl methyl sites for hydroxylation is 1. The second kappa shape index (κ2) is 7.70. The minimum atomic E-state index is -0.773. The molecule has 2 nitrogen and oxygen atoms in total. The van der Waals surface area contributed by atoms with Gasteiger partial charge in [-0.1, -0.05) is 45.0 Å². The summed E-state index contributed by atoms with van der Waals surface area (Å²) in [6, 6.07) is 8.84. The molecular weight excluding hydrogens is 242 g/mol. The molecule has 0 aliphatic rings. The molecule has 0 aliphatic carbocycles. The molecule has 0 fully saturated rings. The van der Waals surface area contributed by atoms with Gasteiger partial charge in [0.25, 0.3) is 0 Å². The summed E-state index contributed by atoms with van der Waals surface area (Å²) in [7, 11) is -0.773. The molecule has 3 atom stereocenters. The zero-order chi connectivity index (χ0) is 13.5. The van der Waals surface area contributed by atoms with Crippen LogP contribution in [0.2, 0.25) is 0 Å². The van der Waals surface area contributed by atoms with Crippen molar-refractivity contribution in [1.29, 1.82) is 0 Å². The van der Waals surface area contributed by atoms with Crippen LogP contribution in [0.3, 0.4) is 0 Å². The highest BCUT2D eigenvalue weighted by Crippen LogP contribution is 2.21. The van der Waals surface area contributed by atoms with E-state index >= 15 is 0 Å². The molecule has 0 aromatic heterocycles. The first-order valence-corrected chi connectivity index (χ1v) is 8.21. The minimum absolute atomic E-state index is 0.141. The number of hydrogen-bond acceptors (Lipinski definition) is 2. The lowest BCUT2D eigenvalue weighted by molar-refractivity contribution is 0.536. The Morgan fingerprint density at radius 1 is 1.17 bits per heavy atom. The van der Waals surface area contributed by atoms with E-state index in [4.69, 9.17) is 0 Å². The van der Waals surface area contributed by atoms with E-state index in [1.54, 1.807) is 0 Å². The number of nitrogens with one attached hydrogen (secondary N) is 1. The van der Waals surface area contributed by atoms with Crippen molar-refractivity contribution in [2.24, 2.45) is 0 Å². The topological polar surface area (TPSA) is 29.1 Å². The van der Waals surface area contributed by atoms with Gasteiger partial charge < -0.3 is 5.32 Å². The quantitative estimate of drug-likeness (QED) is 0.822. The fourth-order valence-corrected chi connectivity index (χ4v) is 3.23. The zero-order valence-electron chi connectivity index (χ0n) is 11.9. The van der Waals surface area contributed by atoms with Gasteiger partial charge in [-0.3, -0.25) is 4.21 Å². The Bertz CT molecular complexity index is 375. The molecule has 3 heteroatoms. The van der Waals surface area contributed by atoms with Gasteiger partial charge in [0, 0.05) is 22.6 Å². The van der Waals surface area contributed by atoms with E-state index in [-0.39, 0.29) is 11.3 Å². The Kier molecular flexibility index (Phi) is 6.58. The maximum Gasteiger partial charge on any atom is 0.0514 e. The first-order chi connectivity index (χ1) is 8.63. The third-order valence-electron chi connectivity index (χ3n) is 3.34. The van der Waals surface area contributed by atoms with Gasteiger partial charge in [-0.25, -0.2) is 0 Å². The normalized spacial score (nSPS) is 16.2. The van der Waals surface area contributed by atoms with Gasteiger partial charge in [0.05, 0.1) is 5.25 Å². The third-order valence-corrected chi connectivity index (χ3v) is 5.01. The van der Waals surface area contributed by atoms with Crippen LogP contribution >= 0.6 is 0 Å². The van der Waals surface area contributed by atoms with Gasteiger partial charge in [0.15, 0.2) is 0 Å². The van der Waals surface area contributed by atoms with Crippen LogP contribution in [-0.2, 0) is 17.2 Å². The van der Waals surface area contributed by atoms with Crippen LogP contribution in [0.25, 0.3) is 0 Å². The summed E-state index contributed by atoms with van der Waals surface area (Å²) in [5, 5.41) is 3.60. The molecular formula is C15H25NOS. The summed E-state index contributed by atoms with van der Waals surface area (Å²) in [4.78, 5) is 0. The van der Waals surface area contributed by atoms with E-state index in [2.05, 4.69) is 50.4 Å². The Morgan fingerprint density at radius 3 is 2.22 bits per heavy atom. The summed E-state index contributed by atoms with van der Waals surface area (Å²) in [6.45, 7) is 9.20. The van der Waals surface area contributed by atoms with Crippen LogP contribution in [-0.4, -0.2) is 21.8 Å². The van der Waals surface area contributed by atoms with Crippen LogP contribution < -0.4 is 5.32 Å². The second-order valence-electron chi connectivity index (χ2n) is 4.51. The molecule has 1 N–H and O–H groups in total. The average Bonchev–Trinajstić information content (AvgIpc) is 2.43. The van der Waals surface area contributed by atoms with Crippen molar-refractivity contribution in [2.75, 3.05) is 12.3 Å². The SMILES string of the molecule is CCNC(c1ccc(CC)cc1)C(C)S(=O)CC. The van der Waals surface area contributed by atoms with Crippen molar-refractivity contribution < 1.29 is 4.21 Å². The van der Waals surface area contributed by atoms with Gasteiger partial charge in [-0.2, -0.15) is 0 Å². The van der Waals surface area contributed by atoms with Crippen LogP contribution in [0.1, 0.15) is 44.9 Å². The maximum absolute atomic E-state index is 12.0. The van der Waals surface area contributed by atoms with Gasteiger partial charge in [0.1, 0.15) is 0 Å². The van der Waals surface area contributed by atoms with E-state index in [9.17, 15) is 4.21 Å². The van der Waals surface area contributed by atoms with Gasteiger partial charge >= 0.3 is 0 Å². The molecule has 102 valence electrons. The monoisotopic (exact) mass is 267 g/mol. The third kappa shape index (κ3) is 3.92. The Hall–Kier alpha value is -0.670. The van der Waals surface area contributed by atoms with Crippen LogP contribution in [0, 0.1) is 0 Å². The smallest absolute Gasteiger partial charge is 0.0514 e. The Morgan fingerprint density at radius 2 is 1.78 bits per heavy atom. The minimum Gasteiger partial charge on any atom is -0.309 e. The standard InChI is InChI=1S/C15H25NOS/c1-5-13-8-10-14(11-9-13)15(16-6-2)12(4)18(17)7-3/h8-12,15-16H,5-7H2,1-4H3. The molecule has 3 unspecified atom stereocenters. The molecule has 0 bridgehead atoms. The van der Waals surface area contributed by atoms with E-state index < -0.39 is 10.8 Å². The summed E-state index contributed by atoms with van der Waals surface area (Å²) < 4.78 is 12.0. The fraction of sp³-hybridized carbons (Fsp3) is 0.600. The molecule has 18 heavy (non-hydrogen) atoms. The van der Waals surface area contributed by atoms with Crippen LogP contribution in [0.5, 0.6) is 0 Å². The molecule has 0 amide bonds. The van der Waals surface area contributed by atoms with Gasteiger partial charge in [-0.15, -0.1) is 0 Å². The van der Waals surface area contributed by atoms with Crippen molar-refractivity contribution in [3.05, 3.63) is 35.4 Å². The predicted molar refractivity (Wildman–Crippen MR) is 80.4 cm³/mol. The van der Waals surface area contributed by atoms with E-state index in [0.717, 1.165) is 18.7 Å². The molecule has 1 rings (SSSR count). The number of hydrogen-bond donors (Lipinski definition) is 1. The van der Waals surface area contributed by atoms with E-state index in [0.29, 0.717) is 0 Å². The zero-order valence-corrected chi connectivity index (χ0v) is 12.7. The Labute approximate surface area is 114 Å². The fourth-order valence-electron chi connectivity index (χ4n) is 2.15. The van der Waals surface area contributed by atoms with Crippen molar-refractivity contribution >= 4 is 10.8 Å². The summed E-state index contributed by atoms with van der Waals surface area (Å²) in [5.41, 5.74) is 2.58. The molecule has 1 aromatic rings. The van der Waals surface area contributed by atoms with Crippen LogP contribution in [0.4, 0.5) is 0 Å². The highest BCUT2D eigenvalue weighted by atomic mass is 32.2. The molecule has 0 spiro atoms. The first kappa shape index (κ1) is 15.4. The molecule has 1 aromatic carbocycles. The first-order valence-electron chi connectivity index (χ1n) is 6.83. The lowest BCUT2D eigenvalue weighted by Gasteiger charge is -2.24. The maximum atomic E-state index is 12.0. The van der Waals surface area contributed by atoms with Crippen molar-refractivity contribution in [3.8, 4) is 0 Å². The van der Waals surface area contributed by atoms with E-state index in [1.165, 1.54) is 11.1 Å². The van der Waals surface area contributed by atoms with Crippen molar-refractivity contribution in [1.82, 2.24) is 5.32 Å². The van der Waals surface area contributed by atoms with Crippen molar-refractivity contribution in [2.45, 2.75) is 45.4 Å². The van der Waals surface area contributed by atoms with E-state index in [1.807, 2.05) is 6.92 Å². The average molecular weight is 267 g/mol. The summed E-state index contributed by atoms with van der Waals surface area (Å²) in [6.07, 6.45) is 1.06. The molecule has 0 radical (unpaired) electrons. The number of benzene rings is 1. The molecule has 0 heterocycles. The molecule has 0 aliphatic heterocycles. The highest BCUT2D eigenvalue weighted by molar-refractivity contribution is 7.85. The van der Waals surface area contributed by atoms with Crippen molar-refractivity contribution in [3.63, 3.8) is 0 Å². The largest absolute Gasteiger partial charge is 0.309 e. The Balaban J connectivity index is 2.92. The van der Waals surface area contributed by atoms with Gasteiger partial charge in [0.2, 0.25) is 0 Å². The lowest BCUT2D eigenvalue weighted by Crippen LogP contribution is -2.33. The highest BCUT2D eigenvalue weighted by Gasteiger charge is 2.22. The summed E-state index contributed by atoms with van der Waals surface area (Å²) in [5.74, 6) is 0.718. The molecule has 0 saturated carbocycles. The second-order valence-corrected chi connectivity index (χ2v) is 6.59. The molecule has 0 saturated heterocycles. The number of rotatable bonds is 7. The predicted octanol–water partition coefficient (Wildman–Crippen LogP) is 3.06. The summed E-state index contributed by atoms with van der Waals surface area (Å²) >= 11 is 0. The van der Waals surface area contributed by atoms with Gasteiger partial charge in [-0.05, 0) is 31.0 Å².